The highest BCUT2D eigenvalue weighted by atomic mass is 19.1. The predicted molar refractivity (Wildman–Crippen MR) is 83.0 cm³/mol. The van der Waals surface area contributed by atoms with Crippen molar-refractivity contribution in [2.24, 2.45) is 0 Å². The largest absolute Gasteiger partial charge is 0.339 e. The minimum absolute atomic E-state index is 0.180. The van der Waals surface area contributed by atoms with Crippen LogP contribution in [-0.2, 0) is 6.54 Å². The fourth-order valence-corrected chi connectivity index (χ4v) is 2.30. The molecular weight excluding hydrogens is 251 g/mol. The van der Waals surface area contributed by atoms with Crippen LogP contribution in [-0.4, -0.2) is 13.6 Å². The molecule has 0 heterocycles. The first-order chi connectivity index (χ1) is 9.65. The van der Waals surface area contributed by atoms with E-state index in [2.05, 4.69) is 5.32 Å². The summed E-state index contributed by atoms with van der Waals surface area (Å²) in [5.41, 5.74) is 3.79. The molecule has 2 aromatic carbocycles. The summed E-state index contributed by atoms with van der Waals surface area (Å²) in [6.45, 7) is 5.48. The lowest BCUT2D eigenvalue weighted by atomic mass is 10.1. The molecule has 2 rings (SSSR count). The Morgan fingerprint density at radius 3 is 2.35 bits per heavy atom. The SMILES string of the molecule is CCN(c1ccc(C)cc1)c1ccc(CNC)cc1F. The molecule has 106 valence electrons. The summed E-state index contributed by atoms with van der Waals surface area (Å²) in [6, 6.07) is 13.6. The van der Waals surface area contributed by atoms with E-state index >= 15 is 0 Å². The Morgan fingerprint density at radius 1 is 1.10 bits per heavy atom. The molecule has 20 heavy (non-hydrogen) atoms. The Kier molecular flexibility index (Phi) is 4.74. The van der Waals surface area contributed by atoms with Gasteiger partial charge in [-0.25, -0.2) is 4.39 Å². The van der Waals surface area contributed by atoms with Gasteiger partial charge in [0.15, 0.2) is 0 Å². The van der Waals surface area contributed by atoms with Crippen LogP contribution in [0.25, 0.3) is 0 Å². The molecule has 0 saturated heterocycles. The van der Waals surface area contributed by atoms with E-state index < -0.39 is 0 Å². The van der Waals surface area contributed by atoms with Crippen LogP contribution in [0.3, 0.4) is 0 Å². The van der Waals surface area contributed by atoms with Crippen molar-refractivity contribution in [1.82, 2.24) is 5.32 Å². The number of hydrogen-bond acceptors (Lipinski definition) is 2. The van der Waals surface area contributed by atoms with Crippen molar-refractivity contribution in [2.75, 3.05) is 18.5 Å². The number of halogens is 1. The van der Waals surface area contributed by atoms with Gasteiger partial charge in [-0.15, -0.1) is 0 Å². The van der Waals surface area contributed by atoms with Crippen LogP contribution in [0.4, 0.5) is 15.8 Å². The molecule has 0 aliphatic heterocycles. The van der Waals surface area contributed by atoms with Gasteiger partial charge in [-0.05, 0) is 50.7 Å². The molecule has 0 aromatic heterocycles. The minimum atomic E-state index is -0.180. The molecule has 1 N–H and O–H groups in total. The average molecular weight is 272 g/mol. The second-order valence-electron chi connectivity index (χ2n) is 4.90. The van der Waals surface area contributed by atoms with Gasteiger partial charge in [-0.1, -0.05) is 23.8 Å². The maximum atomic E-state index is 14.3. The Bertz CT molecular complexity index is 564. The van der Waals surface area contributed by atoms with Gasteiger partial charge in [0, 0.05) is 18.8 Å². The van der Waals surface area contributed by atoms with Crippen molar-refractivity contribution < 1.29 is 4.39 Å². The number of benzene rings is 2. The maximum absolute atomic E-state index is 14.3. The third-order valence-corrected chi connectivity index (χ3v) is 3.35. The zero-order chi connectivity index (χ0) is 14.5. The molecule has 2 nitrogen and oxygen atoms in total. The van der Waals surface area contributed by atoms with Crippen LogP contribution >= 0.6 is 0 Å². The van der Waals surface area contributed by atoms with Gasteiger partial charge in [0.1, 0.15) is 5.82 Å². The highest BCUT2D eigenvalue weighted by Crippen LogP contribution is 2.28. The summed E-state index contributed by atoms with van der Waals surface area (Å²) in [5, 5.41) is 3.03. The van der Waals surface area contributed by atoms with Crippen LogP contribution in [0, 0.1) is 12.7 Å². The molecule has 0 atom stereocenters. The average Bonchev–Trinajstić information content (AvgIpc) is 2.44. The first-order valence-corrected chi connectivity index (χ1v) is 6.93. The van der Waals surface area contributed by atoms with Gasteiger partial charge in [-0.3, -0.25) is 0 Å². The molecule has 0 bridgehead atoms. The van der Waals surface area contributed by atoms with E-state index in [1.54, 1.807) is 6.07 Å². The standard InChI is InChI=1S/C17H21FN2/c1-4-20(15-8-5-13(2)6-9-15)17-10-7-14(12-19-3)11-16(17)18/h5-11,19H,4,12H2,1-3H3. The number of nitrogens with one attached hydrogen (secondary N) is 1. The molecule has 0 aliphatic rings. The van der Waals surface area contributed by atoms with E-state index in [-0.39, 0.29) is 5.82 Å². The molecule has 0 radical (unpaired) electrons. The summed E-state index contributed by atoms with van der Waals surface area (Å²) in [6.07, 6.45) is 0. The molecule has 0 fully saturated rings. The normalized spacial score (nSPS) is 10.6. The Labute approximate surface area is 120 Å². The molecule has 3 heteroatoms. The lowest BCUT2D eigenvalue weighted by Crippen LogP contribution is -2.17. The van der Waals surface area contributed by atoms with Gasteiger partial charge in [0.25, 0.3) is 0 Å². The summed E-state index contributed by atoms with van der Waals surface area (Å²) in [5.74, 6) is -0.180. The molecule has 0 saturated carbocycles. The lowest BCUT2D eigenvalue weighted by molar-refractivity contribution is 0.621. The zero-order valence-corrected chi connectivity index (χ0v) is 12.3. The number of nitrogens with zero attached hydrogens (tertiary/aromatic N) is 1. The zero-order valence-electron chi connectivity index (χ0n) is 12.3. The Balaban J connectivity index is 2.34. The first-order valence-electron chi connectivity index (χ1n) is 6.93. The van der Waals surface area contributed by atoms with Gasteiger partial charge >= 0.3 is 0 Å². The Hall–Kier alpha value is -1.87. The second kappa shape index (κ2) is 6.53. The summed E-state index contributed by atoms with van der Waals surface area (Å²) in [4.78, 5) is 1.98. The van der Waals surface area contributed by atoms with E-state index in [4.69, 9.17) is 0 Å². The first kappa shape index (κ1) is 14.5. The van der Waals surface area contributed by atoms with Crippen molar-refractivity contribution in [3.05, 3.63) is 59.4 Å². The van der Waals surface area contributed by atoms with Crippen LogP contribution in [0.2, 0.25) is 0 Å². The second-order valence-corrected chi connectivity index (χ2v) is 4.90. The fourth-order valence-electron chi connectivity index (χ4n) is 2.30. The smallest absolute Gasteiger partial charge is 0.147 e. The van der Waals surface area contributed by atoms with Gasteiger partial charge < -0.3 is 10.2 Å². The molecule has 2 aromatic rings. The maximum Gasteiger partial charge on any atom is 0.147 e. The van der Waals surface area contributed by atoms with E-state index in [9.17, 15) is 4.39 Å². The van der Waals surface area contributed by atoms with Crippen molar-refractivity contribution in [3.63, 3.8) is 0 Å². The summed E-state index contributed by atoms with van der Waals surface area (Å²) >= 11 is 0. The third-order valence-electron chi connectivity index (χ3n) is 3.35. The van der Waals surface area contributed by atoms with Crippen molar-refractivity contribution >= 4 is 11.4 Å². The third kappa shape index (κ3) is 3.17. The van der Waals surface area contributed by atoms with Crippen molar-refractivity contribution in [1.29, 1.82) is 0 Å². The van der Waals surface area contributed by atoms with E-state index in [1.807, 2.05) is 62.2 Å². The number of hydrogen-bond donors (Lipinski definition) is 1. The minimum Gasteiger partial charge on any atom is -0.339 e. The molecule has 0 spiro atoms. The number of anilines is 2. The lowest BCUT2D eigenvalue weighted by Gasteiger charge is -2.24. The van der Waals surface area contributed by atoms with Gasteiger partial charge in [-0.2, -0.15) is 0 Å². The fraction of sp³-hybridized carbons (Fsp3) is 0.294. The highest BCUT2D eigenvalue weighted by molar-refractivity contribution is 5.64. The molecule has 0 unspecified atom stereocenters. The van der Waals surface area contributed by atoms with Crippen LogP contribution in [0.15, 0.2) is 42.5 Å². The molecule has 0 aliphatic carbocycles. The number of aryl methyl sites for hydroxylation is 1. The van der Waals surface area contributed by atoms with Crippen LogP contribution in [0.5, 0.6) is 0 Å². The quantitative estimate of drug-likeness (QED) is 0.884. The summed E-state index contributed by atoms with van der Waals surface area (Å²) < 4.78 is 14.3. The summed E-state index contributed by atoms with van der Waals surface area (Å²) in [7, 11) is 1.86. The monoisotopic (exact) mass is 272 g/mol. The highest BCUT2D eigenvalue weighted by Gasteiger charge is 2.12. The topological polar surface area (TPSA) is 15.3 Å². The number of rotatable bonds is 5. The predicted octanol–water partition coefficient (Wildman–Crippen LogP) is 4.01. The van der Waals surface area contributed by atoms with Crippen molar-refractivity contribution in [3.8, 4) is 0 Å². The van der Waals surface area contributed by atoms with Gasteiger partial charge in [0.2, 0.25) is 0 Å². The van der Waals surface area contributed by atoms with Crippen LogP contribution in [0.1, 0.15) is 18.1 Å². The van der Waals surface area contributed by atoms with E-state index in [0.717, 1.165) is 17.8 Å². The molecular formula is C17H21FN2. The van der Waals surface area contributed by atoms with E-state index in [0.29, 0.717) is 12.2 Å². The van der Waals surface area contributed by atoms with Crippen LogP contribution < -0.4 is 10.2 Å². The Morgan fingerprint density at radius 2 is 1.80 bits per heavy atom. The van der Waals surface area contributed by atoms with Crippen molar-refractivity contribution in [2.45, 2.75) is 20.4 Å². The van der Waals surface area contributed by atoms with E-state index in [1.165, 1.54) is 5.56 Å². The molecule has 0 amide bonds. The van der Waals surface area contributed by atoms with Gasteiger partial charge in [0.05, 0.1) is 5.69 Å².